The van der Waals surface area contributed by atoms with Gasteiger partial charge in [0.2, 0.25) is 0 Å². The first-order chi connectivity index (χ1) is 9.54. The molecule has 20 heavy (non-hydrogen) atoms. The molecule has 2 aliphatic rings. The van der Waals surface area contributed by atoms with Gasteiger partial charge in [0.1, 0.15) is 5.54 Å². The Morgan fingerprint density at radius 3 is 2.80 bits per heavy atom. The number of nitrogens with zero attached hydrogens (tertiary/aromatic N) is 1. The highest BCUT2D eigenvalue weighted by atomic mass is 32.2. The summed E-state index contributed by atoms with van der Waals surface area (Å²) in [6, 6.07) is -0.222. The number of amides is 2. The van der Waals surface area contributed by atoms with Crippen molar-refractivity contribution >= 4 is 23.8 Å². The van der Waals surface area contributed by atoms with Crippen LogP contribution in [-0.2, 0) is 4.79 Å². The Hall–Kier alpha value is -0.910. The summed E-state index contributed by atoms with van der Waals surface area (Å²) in [6.07, 6.45) is 5.91. The van der Waals surface area contributed by atoms with Crippen LogP contribution >= 0.6 is 11.8 Å². The summed E-state index contributed by atoms with van der Waals surface area (Å²) in [6.45, 7) is 2.84. The van der Waals surface area contributed by atoms with E-state index in [1.165, 1.54) is 17.7 Å². The Morgan fingerprint density at radius 2 is 2.15 bits per heavy atom. The average Bonchev–Trinajstić information content (AvgIpc) is 2.46. The largest absolute Gasteiger partial charge is 0.480 e. The lowest BCUT2D eigenvalue weighted by atomic mass is 9.89. The van der Waals surface area contributed by atoms with Gasteiger partial charge in [0.25, 0.3) is 0 Å². The van der Waals surface area contributed by atoms with E-state index in [1.807, 2.05) is 11.8 Å². The number of aliphatic carboxylic acids is 1. The van der Waals surface area contributed by atoms with E-state index in [9.17, 15) is 14.7 Å². The lowest BCUT2D eigenvalue weighted by Crippen LogP contribution is -2.60. The molecule has 2 N–H and O–H groups in total. The minimum Gasteiger partial charge on any atom is -0.480 e. The second-order valence-electron chi connectivity index (χ2n) is 5.86. The van der Waals surface area contributed by atoms with Crippen LogP contribution in [0.5, 0.6) is 0 Å². The van der Waals surface area contributed by atoms with Gasteiger partial charge in [-0.05, 0) is 44.8 Å². The van der Waals surface area contributed by atoms with E-state index in [0.29, 0.717) is 24.8 Å². The first-order valence-electron chi connectivity index (χ1n) is 7.44. The molecule has 0 aromatic carbocycles. The number of carboxylic acid groups (broad SMARTS) is 1. The first kappa shape index (κ1) is 15.5. The Balaban J connectivity index is 1.90. The Labute approximate surface area is 124 Å². The van der Waals surface area contributed by atoms with E-state index in [0.717, 1.165) is 25.0 Å². The molecule has 2 saturated heterocycles. The molecular weight excluding hydrogens is 276 g/mol. The van der Waals surface area contributed by atoms with Gasteiger partial charge in [0, 0.05) is 18.3 Å². The maximum Gasteiger partial charge on any atom is 0.329 e. The lowest BCUT2D eigenvalue weighted by molar-refractivity contribution is -0.150. The second kappa shape index (κ2) is 6.70. The zero-order chi connectivity index (χ0) is 14.6. The summed E-state index contributed by atoms with van der Waals surface area (Å²) in [4.78, 5) is 25.3. The number of hydrogen-bond acceptors (Lipinski definition) is 3. The van der Waals surface area contributed by atoms with Crippen molar-refractivity contribution in [1.29, 1.82) is 0 Å². The molecular formula is C14H24N2O3S. The molecule has 0 radical (unpaired) electrons. The number of carboxylic acids is 1. The molecule has 0 bridgehead atoms. The molecule has 2 amide bonds. The van der Waals surface area contributed by atoms with Crippen molar-refractivity contribution in [2.75, 3.05) is 18.8 Å². The molecule has 2 atom stereocenters. The average molecular weight is 300 g/mol. The van der Waals surface area contributed by atoms with Gasteiger partial charge in [-0.2, -0.15) is 11.8 Å². The third kappa shape index (κ3) is 3.40. The van der Waals surface area contributed by atoms with Crippen molar-refractivity contribution in [1.82, 2.24) is 10.2 Å². The highest BCUT2D eigenvalue weighted by Gasteiger charge is 2.43. The van der Waals surface area contributed by atoms with E-state index < -0.39 is 11.5 Å². The molecule has 6 heteroatoms. The van der Waals surface area contributed by atoms with E-state index in [2.05, 4.69) is 5.32 Å². The minimum absolute atomic E-state index is 0.222. The molecule has 114 valence electrons. The van der Waals surface area contributed by atoms with Gasteiger partial charge in [-0.1, -0.05) is 6.42 Å². The van der Waals surface area contributed by atoms with Crippen LogP contribution in [0.25, 0.3) is 0 Å². The van der Waals surface area contributed by atoms with Crippen molar-refractivity contribution < 1.29 is 14.7 Å². The molecule has 5 nitrogen and oxygen atoms in total. The fourth-order valence-corrected chi connectivity index (χ4v) is 4.17. The van der Waals surface area contributed by atoms with E-state index in [-0.39, 0.29) is 6.03 Å². The minimum atomic E-state index is -1.05. The van der Waals surface area contributed by atoms with Crippen LogP contribution in [0.15, 0.2) is 0 Å². The SMILES string of the molecule is CC1(C(=O)O)CCCCN1C(=O)NCC1CCCCS1. The molecule has 0 aromatic rings. The van der Waals surface area contributed by atoms with Gasteiger partial charge in [0.15, 0.2) is 0 Å². The van der Waals surface area contributed by atoms with Gasteiger partial charge in [-0.3, -0.25) is 0 Å². The number of urea groups is 1. The Bertz CT molecular complexity index is 371. The number of thioether (sulfide) groups is 1. The number of rotatable bonds is 3. The van der Waals surface area contributed by atoms with Crippen molar-refractivity contribution in [3.05, 3.63) is 0 Å². The normalized spacial score (nSPS) is 30.9. The molecule has 2 rings (SSSR count). The predicted octanol–water partition coefficient (Wildman–Crippen LogP) is 2.31. The van der Waals surface area contributed by atoms with Crippen molar-refractivity contribution in [3.63, 3.8) is 0 Å². The molecule has 2 unspecified atom stereocenters. The van der Waals surface area contributed by atoms with Gasteiger partial charge >= 0.3 is 12.0 Å². The summed E-state index contributed by atoms with van der Waals surface area (Å²) in [5.41, 5.74) is -1.05. The molecule has 2 aliphatic heterocycles. The van der Waals surface area contributed by atoms with Crippen LogP contribution in [0.4, 0.5) is 4.79 Å². The van der Waals surface area contributed by atoms with Crippen molar-refractivity contribution in [3.8, 4) is 0 Å². The summed E-state index contributed by atoms with van der Waals surface area (Å²) < 4.78 is 0. The molecule has 0 saturated carbocycles. The van der Waals surface area contributed by atoms with Gasteiger partial charge in [0.05, 0.1) is 0 Å². The number of hydrogen-bond donors (Lipinski definition) is 2. The first-order valence-corrected chi connectivity index (χ1v) is 8.49. The predicted molar refractivity (Wildman–Crippen MR) is 80.1 cm³/mol. The van der Waals surface area contributed by atoms with Crippen LogP contribution in [0, 0.1) is 0 Å². The van der Waals surface area contributed by atoms with Gasteiger partial charge < -0.3 is 15.3 Å². The van der Waals surface area contributed by atoms with Crippen LogP contribution in [0.3, 0.4) is 0 Å². The highest BCUT2D eigenvalue weighted by Crippen LogP contribution is 2.29. The standard InChI is InChI=1S/C14H24N2O3S/c1-14(12(17)18)7-3-4-8-16(14)13(19)15-10-11-6-2-5-9-20-11/h11H,2-10H2,1H3,(H,15,19)(H,17,18). The zero-order valence-corrected chi connectivity index (χ0v) is 12.9. The third-order valence-corrected chi connectivity index (χ3v) is 5.75. The van der Waals surface area contributed by atoms with Gasteiger partial charge in [-0.25, -0.2) is 9.59 Å². The smallest absolute Gasteiger partial charge is 0.329 e. The maximum atomic E-state index is 12.3. The highest BCUT2D eigenvalue weighted by molar-refractivity contribution is 7.99. The summed E-state index contributed by atoms with van der Waals surface area (Å²) in [5.74, 6) is 0.260. The number of nitrogens with one attached hydrogen (secondary N) is 1. The van der Waals surface area contributed by atoms with Crippen LogP contribution in [0.1, 0.15) is 45.4 Å². The Kier molecular flexibility index (Phi) is 5.18. The Morgan fingerprint density at radius 1 is 1.35 bits per heavy atom. The number of piperidine rings is 1. The third-order valence-electron chi connectivity index (χ3n) is 4.35. The lowest BCUT2D eigenvalue weighted by Gasteiger charge is -2.41. The molecule has 2 heterocycles. The molecule has 2 fully saturated rings. The molecule has 0 aliphatic carbocycles. The number of carbonyl (C=O) groups excluding carboxylic acids is 1. The quantitative estimate of drug-likeness (QED) is 0.839. The number of likely N-dealkylation sites (tertiary alicyclic amines) is 1. The second-order valence-corrected chi connectivity index (χ2v) is 7.27. The summed E-state index contributed by atoms with van der Waals surface area (Å²) in [7, 11) is 0. The van der Waals surface area contributed by atoms with Gasteiger partial charge in [-0.15, -0.1) is 0 Å². The van der Waals surface area contributed by atoms with Crippen LogP contribution in [-0.4, -0.2) is 51.6 Å². The monoisotopic (exact) mass is 300 g/mol. The molecule has 0 aromatic heterocycles. The van der Waals surface area contributed by atoms with Crippen LogP contribution in [0.2, 0.25) is 0 Å². The van der Waals surface area contributed by atoms with E-state index >= 15 is 0 Å². The topological polar surface area (TPSA) is 69.6 Å². The fraction of sp³-hybridized carbons (Fsp3) is 0.857. The zero-order valence-electron chi connectivity index (χ0n) is 12.1. The summed E-state index contributed by atoms with van der Waals surface area (Å²) >= 11 is 1.91. The van der Waals surface area contributed by atoms with Crippen LogP contribution < -0.4 is 5.32 Å². The maximum absolute atomic E-state index is 12.3. The summed E-state index contributed by atoms with van der Waals surface area (Å²) in [5, 5.41) is 12.8. The van der Waals surface area contributed by atoms with Crippen molar-refractivity contribution in [2.24, 2.45) is 0 Å². The fourth-order valence-electron chi connectivity index (χ4n) is 2.93. The number of carbonyl (C=O) groups is 2. The van der Waals surface area contributed by atoms with E-state index in [4.69, 9.17) is 0 Å². The van der Waals surface area contributed by atoms with E-state index in [1.54, 1.807) is 6.92 Å². The van der Waals surface area contributed by atoms with Crippen molar-refractivity contribution in [2.45, 2.75) is 56.2 Å². The molecule has 0 spiro atoms.